The minimum absolute atomic E-state index is 0.128. The van der Waals surface area contributed by atoms with Crippen molar-refractivity contribution in [3.63, 3.8) is 0 Å². The summed E-state index contributed by atoms with van der Waals surface area (Å²) in [6.45, 7) is 1.87. The van der Waals surface area contributed by atoms with Crippen molar-refractivity contribution in [2.45, 2.75) is 6.10 Å². The van der Waals surface area contributed by atoms with Crippen molar-refractivity contribution in [2.75, 3.05) is 24.6 Å². The van der Waals surface area contributed by atoms with Gasteiger partial charge < -0.3 is 9.64 Å². The largest absolute Gasteiger partial charge is 0.370 e. The molecule has 2 aromatic rings. The fraction of sp³-hybridized carbons (Fsp3) is 0.250. The number of nitriles is 1. The van der Waals surface area contributed by atoms with Crippen LogP contribution in [0.1, 0.15) is 17.2 Å². The average molecular weight is 334 g/mol. The van der Waals surface area contributed by atoms with Crippen molar-refractivity contribution < 1.29 is 4.74 Å². The fourth-order valence-electron chi connectivity index (χ4n) is 2.49. The van der Waals surface area contributed by atoms with E-state index in [0.29, 0.717) is 41.1 Å². The second-order valence-electron chi connectivity index (χ2n) is 4.97. The van der Waals surface area contributed by atoms with Crippen LogP contribution in [0.4, 0.5) is 5.82 Å². The molecule has 0 spiro atoms. The summed E-state index contributed by atoms with van der Waals surface area (Å²) >= 11 is 12.0. The standard InChI is InChI=1S/C16H13Cl2N3O/c17-13-4-3-11(8-14(13)18)15-10-21(6-7-22-15)16-12(9-19)2-1-5-20-16/h1-5,8,15H,6-7,10H2/t15-/m0/s1. The van der Waals surface area contributed by atoms with Gasteiger partial charge in [0.1, 0.15) is 18.0 Å². The number of rotatable bonds is 2. The molecular formula is C16H13Cl2N3O. The normalized spacial score (nSPS) is 18.0. The lowest BCUT2D eigenvalue weighted by Gasteiger charge is -2.34. The minimum atomic E-state index is -0.128. The predicted molar refractivity (Wildman–Crippen MR) is 86.3 cm³/mol. The zero-order valence-electron chi connectivity index (χ0n) is 11.7. The summed E-state index contributed by atoms with van der Waals surface area (Å²) in [5.74, 6) is 0.693. The molecule has 0 saturated carbocycles. The lowest BCUT2D eigenvalue weighted by molar-refractivity contribution is 0.0395. The summed E-state index contributed by atoms with van der Waals surface area (Å²) < 4.78 is 5.83. The Balaban J connectivity index is 1.85. The molecule has 1 aromatic carbocycles. The van der Waals surface area contributed by atoms with Gasteiger partial charge in [-0.25, -0.2) is 4.98 Å². The summed E-state index contributed by atoms with van der Waals surface area (Å²) in [6.07, 6.45) is 1.57. The van der Waals surface area contributed by atoms with Gasteiger partial charge in [0.15, 0.2) is 0 Å². The number of hydrogen-bond acceptors (Lipinski definition) is 4. The Morgan fingerprint density at radius 3 is 2.91 bits per heavy atom. The van der Waals surface area contributed by atoms with Crippen LogP contribution in [0.2, 0.25) is 10.0 Å². The molecule has 1 aliphatic heterocycles. The highest BCUT2D eigenvalue weighted by atomic mass is 35.5. The van der Waals surface area contributed by atoms with Gasteiger partial charge in [0.2, 0.25) is 0 Å². The van der Waals surface area contributed by atoms with Gasteiger partial charge >= 0.3 is 0 Å². The number of nitrogens with zero attached hydrogens (tertiary/aromatic N) is 3. The maximum Gasteiger partial charge on any atom is 0.146 e. The molecule has 0 unspecified atom stereocenters. The quantitative estimate of drug-likeness (QED) is 0.837. The van der Waals surface area contributed by atoms with Crippen LogP contribution in [0.3, 0.4) is 0 Å². The second kappa shape index (κ2) is 6.53. The third-order valence-corrected chi connectivity index (χ3v) is 4.33. The van der Waals surface area contributed by atoms with E-state index in [-0.39, 0.29) is 6.10 Å². The van der Waals surface area contributed by atoms with Crippen molar-refractivity contribution in [3.8, 4) is 6.07 Å². The molecule has 0 N–H and O–H groups in total. The molecule has 6 heteroatoms. The summed E-state index contributed by atoms with van der Waals surface area (Å²) in [6, 6.07) is 11.2. The van der Waals surface area contributed by atoms with E-state index in [1.807, 2.05) is 12.1 Å². The topological polar surface area (TPSA) is 49.2 Å². The summed E-state index contributed by atoms with van der Waals surface area (Å²) in [7, 11) is 0. The lowest BCUT2D eigenvalue weighted by atomic mass is 10.1. The van der Waals surface area contributed by atoms with E-state index in [2.05, 4.69) is 16.0 Å². The number of halogens is 2. The van der Waals surface area contributed by atoms with Crippen LogP contribution in [-0.4, -0.2) is 24.7 Å². The van der Waals surface area contributed by atoms with E-state index in [4.69, 9.17) is 27.9 Å². The third kappa shape index (κ3) is 3.02. The minimum Gasteiger partial charge on any atom is -0.370 e. The zero-order valence-corrected chi connectivity index (χ0v) is 13.2. The number of aromatic nitrogens is 1. The van der Waals surface area contributed by atoms with Crippen LogP contribution in [0, 0.1) is 11.3 Å². The van der Waals surface area contributed by atoms with E-state index < -0.39 is 0 Å². The highest BCUT2D eigenvalue weighted by Gasteiger charge is 2.24. The number of benzene rings is 1. The maximum absolute atomic E-state index is 9.22. The second-order valence-corrected chi connectivity index (χ2v) is 5.78. The molecule has 0 aliphatic carbocycles. The Morgan fingerprint density at radius 2 is 2.14 bits per heavy atom. The lowest BCUT2D eigenvalue weighted by Crippen LogP contribution is -2.39. The summed E-state index contributed by atoms with van der Waals surface area (Å²) in [4.78, 5) is 6.40. The van der Waals surface area contributed by atoms with Crippen LogP contribution in [-0.2, 0) is 4.74 Å². The smallest absolute Gasteiger partial charge is 0.146 e. The molecule has 1 atom stereocenters. The highest BCUT2D eigenvalue weighted by Crippen LogP contribution is 2.30. The molecule has 1 saturated heterocycles. The number of morpholine rings is 1. The predicted octanol–water partition coefficient (Wildman–Crippen LogP) is 3.84. The Kier molecular flexibility index (Phi) is 4.49. The number of anilines is 1. The van der Waals surface area contributed by atoms with Gasteiger partial charge in [-0.2, -0.15) is 5.26 Å². The number of pyridine rings is 1. The maximum atomic E-state index is 9.22. The number of hydrogen-bond donors (Lipinski definition) is 0. The number of ether oxygens (including phenoxy) is 1. The molecule has 22 heavy (non-hydrogen) atoms. The van der Waals surface area contributed by atoms with E-state index in [9.17, 15) is 5.26 Å². The first-order chi connectivity index (χ1) is 10.7. The highest BCUT2D eigenvalue weighted by molar-refractivity contribution is 6.42. The van der Waals surface area contributed by atoms with Gasteiger partial charge in [-0.15, -0.1) is 0 Å². The van der Waals surface area contributed by atoms with Crippen molar-refractivity contribution >= 4 is 29.0 Å². The van der Waals surface area contributed by atoms with Gasteiger partial charge in [0.25, 0.3) is 0 Å². The SMILES string of the molecule is N#Cc1cccnc1N1CCO[C@H](c2ccc(Cl)c(Cl)c2)C1. The van der Waals surface area contributed by atoms with Gasteiger partial charge in [0, 0.05) is 19.3 Å². The van der Waals surface area contributed by atoms with E-state index >= 15 is 0 Å². The van der Waals surface area contributed by atoms with Crippen LogP contribution in [0.15, 0.2) is 36.5 Å². The molecule has 2 heterocycles. The van der Waals surface area contributed by atoms with E-state index in [1.54, 1.807) is 24.4 Å². The monoisotopic (exact) mass is 333 g/mol. The van der Waals surface area contributed by atoms with Gasteiger partial charge in [-0.05, 0) is 29.8 Å². The molecule has 3 rings (SSSR count). The first-order valence-electron chi connectivity index (χ1n) is 6.85. The van der Waals surface area contributed by atoms with Crippen molar-refractivity contribution in [3.05, 3.63) is 57.7 Å². The fourth-order valence-corrected chi connectivity index (χ4v) is 2.80. The molecule has 1 fully saturated rings. The van der Waals surface area contributed by atoms with E-state index in [0.717, 1.165) is 5.56 Å². The Bertz CT molecular complexity index is 730. The molecule has 0 radical (unpaired) electrons. The van der Waals surface area contributed by atoms with Gasteiger partial charge in [-0.1, -0.05) is 29.3 Å². The molecular weight excluding hydrogens is 321 g/mol. The van der Waals surface area contributed by atoms with Crippen LogP contribution in [0.5, 0.6) is 0 Å². The first-order valence-corrected chi connectivity index (χ1v) is 7.61. The van der Waals surface area contributed by atoms with Crippen molar-refractivity contribution in [2.24, 2.45) is 0 Å². The van der Waals surface area contributed by atoms with Crippen LogP contribution >= 0.6 is 23.2 Å². The zero-order chi connectivity index (χ0) is 15.5. The van der Waals surface area contributed by atoms with Gasteiger partial charge in [-0.3, -0.25) is 0 Å². The molecule has 4 nitrogen and oxygen atoms in total. The first kappa shape index (κ1) is 15.1. The Labute approximate surface area is 138 Å². The van der Waals surface area contributed by atoms with Crippen LogP contribution in [0.25, 0.3) is 0 Å². The molecule has 1 aliphatic rings. The third-order valence-electron chi connectivity index (χ3n) is 3.59. The molecule has 1 aromatic heterocycles. The molecule has 0 amide bonds. The van der Waals surface area contributed by atoms with Crippen molar-refractivity contribution in [1.29, 1.82) is 5.26 Å². The van der Waals surface area contributed by atoms with Crippen LogP contribution < -0.4 is 4.90 Å². The molecule has 0 bridgehead atoms. The average Bonchev–Trinajstić information content (AvgIpc) is 2.57. The van der Waals surface area contributed by atoms with Crippen molar-refractivity contribution in [1.82, 2.24) is 4.98 Å². The molecule has 112 valence electrons. The Morgan fingerprint density at radius 1 is 1.27 bits per heavy atom. The summed E-state index contributed by atoms with van der Waals surface area (Å²) in [5.41, 5.74) is 1.53. The van der Waals surface area contributed by atoms with E-state index in [1.165, 1.54) is 0 Å². The Hall–Kier alpha value is -1.80. The van der Waals surface area contributed by atoms with Gasteiger partial charge in [0.05, 0.1) is 22.2 Å². The summed E-state index contributed by atoms with van der Waals surface area (Å²) in [5, 5.41) is 10.3.